The second kappa shape index (κ2) is 7.32. The fourth-order valence-electron chi connectivity index (χ4n) is 2.89. The molecule has 0 fully saturated rings. The number of hydrogen-bond donors (Lipinski definition) is 2. The van der Waals surface area contributed by atoms with Gasteiger partial charge in [-0.1, -0.05) is 36.4 Å². The van der Waals surface area contributed by atoms with Crippen LogP contribution in [0.3, 0.4) is 0 Å². The largest absolute Gasteiger partial charge is 0.323 e. The summed E-state index contributed by atoms with van der Waals surface area (Å²) in [5.74, 6) is -0.516. The fraction of sp³-hybridized carbons (Fsp3) is 0.316. The zero-order valence-corrected chi connectivity index (χ0v) is 14.7. The Morgan fingerprint density at radius 3 is 2.58 bits per heavy atom. The van der Waals surface area contributed by atoms with Gasteiger partial charge in [0.2, 0.25) is 5.91 Å². The minimum atomic E-state index is -0.731. The van der Waals surface area contributed by atoms with Crippen molar-refractivity contribution in [1.82, 2.24) is 5.32 Å². The number of halogens is 2. The minimum absolute atomic E-state index is 0. The summed E-state index contributed by atoms with van der Waals surface area (Å²) in [6.45, 7) is 5.13. The highest BCUT2D eigenvalue weighted by Crippen LogP contribution is 2.28. The Morgan fingerprint density at radius 2 is 1.88 bits per heavy atom. The van der Waals surface area contributed by atoms with Gasteiger partial charge >= 0.3 is 0 Å². The lowest BCUT2D eigenvalue weighted by atomic mass is 9.83. The van der Waals surface area contributed by atoms with Crippen molar-refractivity contribution in [2.45, 2.75) is 32.2 Å². The predicted molar refractivity (Wildman–Crippen MR) is 97.2 cm³/mol. The number of anilines is 1. The summed E-state index contributed by atoms with van der Waals surface area (Å²) in [6.07, 6.45) is 0.646. The Morgan fingerprint density at radius 1 is 1.17 bits per heavy atom. The van der Waals surface area contributed by atoms with Crippen molar-refractivity contribution in [1.29, 1.82) is 0 Å². The second-order valence-electron chi connectivity index (χ2n) is 6.44. The highest BCUT2D eigenvalue weighted by molar-refractivity contribution is 5.98. The lowest BCUT2D eigenvalue weighted by Gasteiger charge is -2.25. The van der Waals surface area contributed by atoms with Gasteiger partial charge in [0.1, 0.15) is 5.82 Å². The highest BCUT2D eigenvalue weighted by Gasteiger charge is 2.30. The summed E-state index contributed by atoms with van der Waals surface area (Å²) in [5, 5.41) is 5.98. The van der Waals surface area contributed by atoms with Crippen LogP contribution < -0.4 is 10.6 Å². The van der Waals surface area contributed by atoms with Gasteiger partial charge in [0, 0.05) is 6.54 Å². The molecule has 1 amide bonds. The summed E-state index contributed by atoms with van der Waals surface area (Å²) in [6, 6.07) is 13.1. The van der Waals surface area contributed by atoms with E-state index in [1.54, 1.807) is 6.07 Å². The van der Waals surface area contributed by atoms with E-state index in [4.69, 9.17) is 0 Å². The Kier molecular flexibility index (Phi) is 5.62. The Balaban J connectivity index is 0.00000208. The number of carbonyl (C=O) groups is 1. The third kappa shape index (κ3) is 3.45. The van der Waals surface area contributed by atoms with Crippen molar-refractivity contribution in [3.63, 3.8) is 0 Å². The summed E-state index contributed by atoms with van der Waals surface area (Å²) in [7, 11) is 0. The lowest BCUT2D eigenvalue weighted by Crippen LogP contribution is -2.35. The second-order valence-corrected chi connectivity index (χ2v) is 6.44. The number of carbonyl (C=O) groups excluding carboxylic acids is 1. The smallest absolute Gasteiger partial charge is 0.234 e. The van der Waals surface area contributed by atoms with E-state index in [0.29, 0.717) is 18.5 Å². The van der Waals surface area contributed by atoms with Gasteiger partial charge in [0.05, 0.1) is 11.1 Å². The van der Waals surface area contributed by atoms with Gasteiger partial charge in [-0.25, -0.2) is 4.39 Å². The molecule has 0 aliphatic carbocycles. The fourth-order valence-corrected chi connectivity index (χ4v) is 2.89. The maximum atomic E-state index is 14.7. The molecule has 2 aromatic carbocycles. The number of benzene rings is 2. The molecule has 2 N–H and O–H groups in total. The average molecular weight is 349 g/mol. The van der Waals surface area contributed by atoms with E-state index in [1.807, 2.05) is 50.2 Å². The molecule has 24 heavy (non-hydrogen) atoms. The summed E-state index contributed by atoms with van der Waals surface area (Å²) >= 11 is 0. The summed E-state index contributed by atoms with van der Waals surface area (Å²) in [4.78, 5) is 12.7. The first kappa shape index (κ1) is 18.4. The minimum Gasteiger partial charge on any atom is -0.323 e. The highest BCUT2D eigenvalue weighted by atomic mass is 35.5. The summed E-state index contributed by atoms with van der Waals surface area (Å²) < 4.78 is 14.7. The van der Waals surface area contributed by atoms with E-state index in [1.165, 1.54) is 0 Å². The van der Waals surface area contributed by atoms with Crippen LogP contribution >= 0.6 is 12.4 Å². The first-order valence-corrected chi connectivity index (χ1v) is 7.88. The molecule has 0 saturated heterocycles. The predicted octanol–water partition coefficient (Wildman–Crippen LogP) is 3.81. The Bertz CT molecular complexity index is 732. The molecule has 0 spiro atoms. The molecule has 0 aromatic heterocycles. The molecule has 3 rings (SSSR count). The van der Waals surface area contributed by atoms with Gasteiger partial charge < -0.3 is 10.6 Å². The number of hydrogen-bond acceptors (Lipinski definition) is 2. The van der Waals surface area contributed by atoms with Gasteiger partial charge in [-0.05, 0) is 49.6 Å². The van der Waals surface area contributed by atoms with E-state index in [-0.39, 0.29) is 29.8 Å². The first-order valence-electron chi connectivity index (χ1n) is 7.88. The molecule has 1 aliphatic heterocycles. The maximum absolute atomic E-state index is 14.7. The Hall–Kier alpha value is -1.91. The van der Waals surface area contributed by atoms with E-state index in [2.05, 4.69) is 10.6 Å². The third-order valence-electron chi connectivity index (χ3n) is 4.52. The van der Waals surface area contributed by atoms with Crippen molar-refractivity contribution >= 4 is 24.0 Å². The van der Waals surface area contributed by atoms with Gasteiger partial charge in [-0.2, -0.15) is 0 Å². The normalized spacial score (nSPS) is 13.6. The van der Waals surface area contributed by atoms with Crippen molar-refractivity contribution < 1.29 is 9.18 Å². The molecule has 128 valence electrons. The SMILES string of the molecule is CC(C)(C(=O)Nc1ccc2c(c1F)CCNC2)c1ccccc1.Cl. The van der Waals surface area contributed by atoms with Gasteiger partial charge in [0.15, 0.2) is 0 Å². The maximum Gasteiger partial charge on any atom is 0.234 e. The molecule has 0 bridgehead atoms. The van der Waals surface area contributed by atoms with Crippen LogP contribution in [0.5, 0.6) is 0 Å². The third-order valence-corrected chi connectivity index (χ3v) is 4.52. The molecule has 0 saturated carbocycles. The number of fused-ring (bicyclic) bond motifs is 1. The van der Waals surface area contributed by atoms with Crippen LogP contribution in [0.4, 0.5) is 10.1 Å². The van der Waals surface area contributed by atoms with Crippen LogP contribution in [-0.2, 0) is 23.2 Å². The topological polar surface area (TPSA) is 41.1 Å². The van der Waals surface area contributed by atoms with Crippen LogP contribution in [0.2, 0.25) is 0 Å². The number of nitrogens with one attached hydrogen (secondary N) is 2. The monoisotopic (exact) mass is 348 g/mol. The van der Waals surface area contributed by atoms with Gasteiger partial charge in [-0.3, -0.25) is 4.79 Å². The van der Waals surface area contributed by atoms with E-state index in [0.717, 1.165) is 17.7 Å². The standard InChI is InChI=1S/C19H21FN2O.ClH/c1-19(2,14-6-4-3-5-7-14)18(23)22-16-9-8-13-12-21-11-10-15(13)17(16)20;/h3-9,21H,10-12H2,1-2H3,(H,22,23);1H. The van der Waals surface area contributed by atoms with Crippen molar-refractivity contribution in [2.24, 2.45) is 0 Å². The molecule has 3 nitrogen and oxygen atoms in total. The first-order chi connectivity index (χ1) is 11.0. The van der Waals surface area contributed by atoms with Gasteiger partial charge in [0.25, 0.3) is 0 Å². The molecule has 1 heterocycles. The Labute approximate surface area is 148 Å². The molecule has 2 aromatic rings. The number of amides is 1. The van der Waals surface area contributed by atoms with Gasteiger partial charge in [-0.15, -0.1) is 12.4 Å². The molecule has 0 radical (unpaired) electrons. The van der Waals surface area contributed by atoms with Crippen LogP contribution in [0, 0.1) is 5.82 Å². The van der Waals surface area contributed by atoms with Crippen LogP contribution in [0.1, 0.15) is 30.5 Å². The van der Waals surface area contributed by atoms with Crippen LogP contribution in [-0.4, -0.2) is 12.5 Å². The molecular weight excluding hydrogens is 327 g/mol. The van der Waals surface area contributed by atoms with Crippen molar-refractivity contribution in [2.75, 3.05) is 11.9 Å². The molecule has 0 atom stereocenters. The van der Waals surface area contributed by atoms with Crippen molar-refractivity contribution in [3.05, 3.63) is 65.0 Å². The zero-order valence-electron chi connectivity index (χ0n) is 13.9. The van der Waals surface area contributed by atoms with E-state index >= 15 is 0 Å². The van der Waals surface area contributed by atoms with E-state index in [9.17, 15) is 9.18 Å². The zero-order chi connectivity index (χ0) is 16.4. The lowest BCUT2D eigenvalue weighted by molar-refractivity contribution is -0.120. The molecular formula is C19H22ClFN2O. The molecule has 1 aliphatic rings. The quantitative estimate of drug-likeness (QED) is 0.885. The number of rotatable bonds is 3. The van der Waals surface area contributed by atoms with Crippen LogP contribution in [0.25, 0.3) is 0 Å². The van der Waals surface area contributed by atoms with Crippen molar-refractivity contribution in [3.8, 4) is 0 Å². The van der Waals surface area contributed by atoms with Crippen LogP contribution in [0.15, 0.2) is 42.5 Å². The van der Waals surface area contributed by atoms with E-state index < -0.39 is 5.41 Å². The average Bonchev–Trinajstić information content (AvgIpc) is 2.58. The molecule has 5 heteroatoms. The molecule has 0 unspecified atom stereocenters. The summed E-state index contributed by atoms with van der Waals surface area (Å²) in [5.41, 5.74) is 2.11.